The molecule has 7 heteroatoms. The Balaban J connectivity index is 2.41. The molecule has 2 heterocycles. The van der Waals surface area contributed by atoms with E-state index in [2.05, 4.69) is 24.9 Å². The van der Waals surface area contributed by atoms with Gasteiger partial charge < -0.3 is 4.74 Å². The molecule has 2 aromatic heterocycles. The van der Waals surface area contributed by atoms with Crippen molar-refractivity contribution in [2.24, 2.45) is 0 Å². The summed E-state index contributed by atoms with van der Waals surface area (Å²) in [6.07, 6.45) is 4.66. The van der Waals surface area contributed by atoms with Crippen LogP contribution in [0.4, 0.5) is 0 Å². The van der Waals surface area contributed by atoms with Crippen molar-refractivity contribution >= 4 is 11.6 Å². The molecule has 0 amide bonds. The smallest absolute Gasteiger partial charge is 0.321 e. The summed E-state index contributed by atoms with van der Waals surface area (Å²) in [5.74, 6) is 0.344. The first kappa shape index (κ1) is 10.7. The molecule has 2 aromatic rings. The minimum atomic E-state index is 0.0686. The minimum Gasteiger partial charge on any atom is -0.464 e. The van der Waals surface area contributed by atoms with E-state index in [4.69, 9.17) is 16.3 Å². The van der Waals surface area contributed by atoms with Crippen molar-refractivity contribution in [2.45, 2.75) is 6.92 Å². The van der Waals surface area contributed by atoms with Crippen molar-refractivity contribution in [1.29, 1.82) is 0 Å². The normalized spacial score (nSPS) is 10.1. The number of hydrogen-bond donors (Lipinski definition) is 0. The van der Waals surface area contributed by atoms with Gasteiger partial charge in [0.25, 0.3) is 0 Å². The number of aromatic nitrogens is 5. The summed E-state index contributed by atoms with van der Waals surface area (Å²) in [5, 5.41) is 0.0686. The lowest BCUT2D eigenvalue weighted by Gasteiger charge is -2.03. The Bertz CT molecular complexity index is 479. The number of ether oxygens (including phenoxy) is 1. The van der Waals surface area contributed by atoms with Gasteiger partial charge in [0.1, 0.15) is 5.69 Å². The third-order valence-corrected chi connectivity index (χ3v) is 1.82. The van der Waals surface area contributed by atoms with Gasteiger partial charge in [-0.1, -0.05) is 0 Å². The molecule has 0 spiro atoms. The molecular weight excluding hydrogens is 230 g/mol. The van der Waals surface area contributed by atoms with E-state index in [0.29, 0.717) is 18.1 Å². The van der Waals surface area contributed by atoms with Crippen LogP contribution in [0.25, 0.3) is 11.5 Å². The summed E-state index contributed by atoms with van der Waals surface area (Å²) in [6.45, 7) is 2.29. The van der Waals surface area contributed by atoms with E-state index in [0.717, 1.165) is 0 Å². The second-order valence-corrected chi connectivity index (χ2v) is 3.07. The summed E-state index contributed by atoms with van der Waals surface area (Å²) in [5.41, 5.74) is 0.521. The number of nitrogens with zero attached hydrogens (tertiary/aromatic N) is 5. The summed E-state index contributed by atoms with van der Waals surface area (Å²) in [7, 11) is 0. The summed E-state index contributed by atoms with van der Waals surface area (Å²) < 4.78 is 5.15. The molecule has 0 aliphatic rings. The van der Waals surface area contributed by atoms with Crippen LogP contribution in [-0.2, 0) is 0 Å². The molecule has 0 saturated carbocycles. The van der Waals surface area contributed by atoms with E-state index in [1.165, 1.54) is 0 Å². The Kier molecular flexibility index (Phi) is 3.21. The quantitative estimate of drug-likeness (QED) is 0.803. The van der Waals surface area contributed by atoms with Crippen molar-refractivity contribution in [3.63, 3.8) is 0 Å². The maximum absolute atomic E-state index is 5.75. The van der Waals surface area contributed by atoms with Crippen LogP contribution in [0.1, 0.15) is 6.92 Å². The predicted molar refractivity (Wildman–Crippen MR) is 57.0 cm³/mol. The molecule has 0 unspecified atom stereocenters. The lowest BCUT2D eigenvalue weighted by Crippen LogP contribution is -2.02. The molecule has 0 aliphatic carbocycles. The average molecular weight is 238 g/mol. The SMILES string of the molecule is CCOc1nc(Cl)nc(-c2cnccn2)n1. The first-order valence-corrected chi connectivity index (χ1v) is 4.98. The molecule has 0 saturated heterocycles. The van der Waals surface area contributed by atoms with Crippen LogP contribution in [-0.4, -0.2) is 31.5 Å². The Morgan fingerprint density at radius 2 is 2.12 bits per heavy atom. The standard InChI is InChI=1S/C9H8ClN5O/c1-2-16-9-14-7(13-8(10)15-9)6-5-11-3-4-12-6/h3-5H,2H2,1H3. The summed E-state index contributed by atoms with van der Waals surface area (Å²) in [6, 6.07) is 0.183. The minimum absolute atomic E-state index is 0.0686. The predicted octanol–water partition coefficient (Wildman–Crippen LogP) is 1.38. The lowest BCUT2D eigenvalue weighted by atomic mass is 10.4. The van der Waals surface area contributed by atoms with Gasteiger partial charge in [-0.3, -0.25) is 4.98 Å². The van der Waals surface area contributed by atoms with Gasteiger partial charge in [-0.25, -0.2) is 4.98 Å². The van der Waals surface area contributed by atoms with Crippen LogP contribution in [0.5, 0.6) is 6.01 Å². The Hall–Kier alpha value is -1.82. The largest absolute Gasteiger partial charge is 0.464 e. The maximum Gasteiger partial charge on any atom is 0.321 e. The lowest BCUT2D eigenvalue weighted by molar-refractivity contribution is 0.312. The van der Waals surface area contributed by atoms with Crippen LogP contribution in [0.15, 0.2) is 18.6 Å². The van der Waals surface area contributed by atoms with E-state index >= 15 is 0 Å². The number of halogens is 1. The van der Waals surface area contributed by atoms with Crippen LogP contribution in [0.2, 0.25) is 5.28 Å². The molecule has 16 heavy (non-hydrogen) atoms. The van der Waals surface area contributed by atoms with Gasteiger partial charge >= 0.3 is 6.01 Å². The second kappa shape index (κ2) is 4.80. The molecule has 82 valence electrons. The van der Waals surface area contributed by atoms with E-state index in [1.54, 1.807) is 18.6 Å². The monoisotopic (exact) mass is 237 g/mol. The van der Waals surface area contributed by atoms with Gasteiger partial charge in [0.05, 0.1) is 12.8 Å². The number of rotatable bonds is 3. The third kappa shape index (κ3) is 2.40. The second-order valence-electron chi connectivity index (χ2n) is 2.73. The van der Waals surface area contributed by atoms with Crippen molar-refractivity contribution in [1.82, 2.24) is 24.9 Å². The van der Waals surface area contributed by atoms with Gasteiger partial charge in [0.2, 0.25) is 5.28 Å². The first-order valence-electron chi connectivity index (χ1n) is 4.60. The zero-order valence-electron chi connectivity index (χ0n) is 8.46. The van der Waals surface area contributed by atoms with Gasteiger partial charge in [0, 0.05) is 12.4 Å². The van der Waals surface area contributed by atoms with Crippen molar-refractivity contribution < 1.29 is 4.74 Å². The van der Waals surface area contributed by atoms with E-state index in [9.17, 15) is 0 Å². The topological polar surface area (TPSA) is 73.7 Å². The number of hydrogen-bond acceptors (Lipinski definition) is 6. The maximum atomic E-state index is 5.75. The fourth-order valence-corrected chi connectivity index (χ4v) is 1.21. The van der Waals surface area contributed by atoms with Gasteiger partial charge in [0.15, 0.2) is 5.82 Å². The first-order chi connectivity index (χ1) is 7.79. The molecule has 0 radical (unpaired) electrons. The molecule has 0 aromatic carbocycles. The van der Waals surface area contributed by atoms with Gasteiger partial charge in [-0.05, 0) is 18.5 Å². The Labute approximate surface area is 96.7 Å². The highest BCUT2D eigenvalue weighted by Crippen LogP contribution is 2.15. The summed E-state index contributed by atoms with van der Waals surface area (Å²) >= 11 is 5.75. The molecule has 6 nitrogen and oxygen atoms in total. The van der Waals surface area contributed by atoms with Crippen molar-refractivity contribution in [3.05, 3.63) is 23.9 Å². The highest BCUT2D eigenvalue weighted by Gasteiger charge is 2.08. The highest BCUT2D eigenvalue weighted by molar-refractivity contribution is 6.28. The zero-order valence-corrected chi connectivity index (χ0v) is 9.22. The molecule has 0 bridgehead atoms. The van der Waals surface area contributed by atoms with Crippen molar-refractivity contribution in [3.8, 4) is 17.5 Å². The molecule has 0 N–H and O–H groups in total. The van der Waals surface area contributed by atoms with Crippen LogP contribution in [0.3, 0.4) is 0 Å². The van der Waals surface area contributed by atoms with Crippen LogP contribution < -0.4 is 4.74 Å². The van der Waals surface area contributed by atoms with E-state index < -0.39 is 0 Å². The van der Waals surface area contributed by atoms with E-state index in [1.807, 2.05) is 6.92 Å². The fraction of sp³-hybridized carbons (Fsp3) is 0.222. The van der Waals surface area contributed by atoms with Gasteiger partial charge in [-0.2, -0.15) is 15.0 Å². The Morgan fingerprint density at radius 1 is 1.25 bits per heavy atom. The van der Waals surface area contributed by atoms with Crippen molar-refractivity contribution in [2.75, 3.05) is 6.61 Å². The molecule has 2 rings (SSSR count). The fourth-order valence-electron chi connectivity index (χ4n) is 1.05. The van der Waals surface area contributed by atoms with Gasteiger partial charge in [-0.15, -0.1) is 0 Å². The molecule has 0 atom stereocenters. The van der Waals surface area contributed by atoms with Crippen LogP contribution >= 0.6 is 11.6 Å². The van der Waals surface area contributed by atoms with Crippen LogP contribution in [0, 0.1) is 0 Å². The molecule has 0 fully saturated rings. The zero-order chi connectivity index (χ0) is 11.4. The molecular formula is C9H8ClN5O. The molecule has 0 aliphatic heterocycles. The highest BCUT2D eigenvalue weighted by atomic mass is 35.5. The van der Waals surface area contributed by atoms with E-state index in [-0.39, 0.29) is 11.3 Å². The summed E-state index contributed by atoms with van der Waals surface area (Å²) in [4.78, 5) is 19.8. The third-order valence-electron chi connectivity index (χ3n) is 1.65. The average Bonchev–Trinajstić information content (AvgIpc) is 2.30. The Morgan fingerprint density at radius 3 is 2.81 bits per heavy atom.